The highest BCUT2D eigenvalue weighted by atomic mass is 16.5. The molecule has 0 bridgehead atoms. The van der Waals surface area contributed by atoms with Crippen LogP contribution in [0, 0.1) is 5.92 Å². The van der Waals surface area contributed by atoms with E-state index in [2.05, 4.69) is 39.0 Å². The Morgan fingerprint density at radius 2 is 1.95 bits per heavy atom. The van der Waals surface area contributed by atoms with Gasteiger partial charge in [0.15, 0.2) is 0 Å². The summed E-state index contributed by atoms with van der Waals surface area (Å²) in [5.74, 6) is 1.77. The van der Waals surface area contributed by atoms with Gasteiger partial charge in [0.25, 0.3) is 0 Å². The van der Waals surface area contributed by atoms with Gasteiger partial charge in [-0.25, -0.2) is 0 Å². The zero-order valence-corrected chi connectivity index (χ0v) is 12.0. The smallest absolute Gasteiger partial charge is 0.323 e. The average molecular weight is 265 g/mol. The third-order valence-corrected chi connectivity index (χ3v) is 2.87. The number of nitrogens with one attached hydrogen (secondary N) is 1. The summed E-state index contributed by atoms with van der Waals surface area (Å²) >= 11 is 0. The van der Waals surface area contributed by atoms with Gasteiger partial charge in [0.2, 0.25) is 11.9 Å². The molecule has 1 aromatic rings. The minimum absolute atomic E-state index is 0.418. The van der Waals surface area contributed by atoms with Crippen molar-refractivity contribution in [1.29, 1.82) is 0 Å². The van der Waals surface area contributed by atoms with Crippen LogP contribution >= 0.6 is 0 Å². The molecule has 19 heavy (non-hydrogen) atoms. The predicted molar refractivity (Wildman–Crippen MR) is 75.8 cm³/mol. The first-order valence-electron chi connectivity index (χ1n) is 7.06. The normalized spacial score (nSPS) is 15.1. The third-order valence-electron chi connectivity index (χ3n) is 2.87. The molecular formula is C13H23N5O. The Bertz CT molecular complexity index is 404. The van der Waals surface area contributed by atoms with Gasteiger partial charge in [-0.15, -0.1) is 0 Å². The number of rotatable bonds is 6. The van der Waals surface area contributed by atoms with Crippen LogP contribution in [-0.2, 0) is 0 Å². The van der Waals surface area contributed by atoms with Crippen LogP contribution in [0.5, 0.6) is 6.01 Å². The van der Waals surface area contributed by atoms with Crippen molar-refractivity contribution in [3.8, 4) is 6.01 Å². The van der Waals surface area contributed by atoms with E-state index in [-0.39, 0.29) is 0 Å². The van der Waals surface area contributed by atoms with Gasteiger partial charge in [0, 0.05) is 19.6 Å². The molecule has 1 aromatic heterocycles. The fourth-order valence-corrected chi connectivity index (χ4v) is 1.95. The van der Waals surface area contributed by atoms with Gasteiger partial charge >= 0.3 is 6.01 Å². The van der Waals surface area contributed by atoms with E-state index in [1.54, 1.807) is 0 Å². The van der Waals surface area contributed by atoms with Crippen molar-refractivity contribution in [3.05, 3.63) is 0 Å². The van der Waals surface area contributed by atoms with Crippen molar-refractivity contribution in [3.63, 3.8) is 0 Å². The van der Waals surface area contributed by atoms with E-state index in [0.29, 0.717) is 24.5 Å². The van der Waals surface area contributed by atoms with Crippen LogP contribution in [0.1, 0.15) is 33.6 Å². The second-order valence-electron chi connectivity index (χ2n) is 5.17. The van der Waals surface area contributed by atoms with Crippen molar-refractivity contribution in [1.82, 2.24) is 15.0 Å². The maximum atomic E-state index is 5.63. The second-order valence-corrected chi connectivity index (χ2v) is 5.17. The quantitative estimate of drug-likeness (QED) is 0.848. The second kappa shape index (κ2) is 6.54. The van der Waals surface area contributed by atoms with Crippen LogP contribution < -0.4 is 15.0 Å². The lowest BCUT2D eigenvalue weighted by atomic mass is 10.2. The Labute approximate surface area is 114 Å². The van der Waals surface area contributed by atoms with Gasteiger partial charge in [0.1, 0.15) is 0 Å². The van der Waals surface area contributed by atoms with E-state index in [0.717, 1.165) is 25.6 Å². The zero-order valence-electron chi connectivity index (χ0n) is 12.0. The number of ether oxygens (including phenoxy) is 1. The molecule has 0 radical (unpaired) electrons. The van der Waals surface area contributed by atoms with Gasteiger partial charge < -0.3 is 15.0 Å². The summed E-state index contributed by atoms with van der Waals surface area (Å²) < 4.78 is 5.63. The van der Waals surface area contributed by atoms with Gasteiger partial charge in [0.05, 0.1) is 6.61 Å². The highest BCUT2D eigenvalue weighted by Crippen LogP contribution is 2.19. The van der Waals surface area contributed by atoms with Crippen LogP contribution in [-0.4, -0.2) is 41.2 Å². The molecule has 0 unspecified atom stereocenters. The Hall–Kier alpha value is -1.59. The molecule has 0 aliphatic carbocycles. The fourth-order valence-electron chi connectivity index (χ4n) is 1.95. The molecule has 6 nitrogen and oxygen atoms in total. The lowest BCUT2D eigenvalue weighted by Crippen LogP contribution is -2.22. The Morgan fingerprint density at radius 1 is 1.21 bits per heavy atom. The summed E-state index contributed by atoms with van der Waals surface area (Å²) in [4.78, 5) is 15.3. The Kier molecular flexibility index (Phi) is 4.76. The Morgan fingerprint density at radius 3 is 2.58 bits per heavy atom. The molecular weight excluding hydrogens is 242 g/mol. The maximum Gasteiger partial charge on any atom is 0.323 e. The number of hydrogen-bond donors (Lipinski definition) is 1. The molecule has 0 aromatic carbocycles. The molecule has 6 heteroatoms. The standard InChI is InChI=1S/C13H23N5O/c1-4-14-11-15-12(18-7-5-6-8-18)17-13(16-11)19-9-10(2)3/h10H,4-9H2,1-3H3,(H,14,15,16,17). The molecule has 1 saturated heterocycles. The van der Waals surface area contributed by atoms with Crippen molar-refractivity contribution in [2.24, 2.45) is 5.92 Å². The van der Waals surface area contributed by atoms with Crippen molar-refractivity contribution in [2.45, 2.75) is 33.6 Å². The fraction of sp³-hybridized carbons (Fsp3) is 0.769. The molecule has 1 aliphatic rings. The van der Waals surface area contributed by atoms with Crippen molar-refractivity contribution < 1.29 is 4.74 Å². The van der Waals surface area contributed by atoms with E-state index in [1.165, 1.54) is 12.8 Å². The van der Waals surface area contributed by atoms with Gasteiger partial charge in [-0.3, -0.25) is 0 Å². The van der Waals surface area contributed by atoms with E-state index < -0.39 is 0 Å². The average Bonchev–Trinajstić information content (AvgIpc) is 2.90. The van der Waals surface area contributed by atoms with E-state index in [4.69, 9.17) is 4.74 Å². The summed E-state index contributed by atoms with van der Waals surface area (Å²) in [5.41, 5.74) is 0. The molecule has 0 atom stereocenters. The molecule has 2 rings (SSSR count). The van der Waals surface area contributed by atoms with Crippen molar-refractivity contribution in [2.75, 3.05) is 36.5 Å². The molecule has 2 heterocycles. The van der Waals surface area contributed by atoms with E-state index in [9.17, 15) is 0 Å². The summed E-state index contributed by atoms with van der Waals surface area (Å²) in [6.07, 6.45) is 2.40. The van der Waals surface area contributed by atoms with E-state index in [1.807, 2.05) is 6.92 Å². The Balaban J connectivity index is 2.16. The zero-order chi connectivity index (χ0) is 13.7. The molecule has 1 fully saturated rings. The van der Waals surface area contributed by atoms with Crippen LogP contribution in [0.3, 0.4) is 0 Å². The summed E-state index contributed by atoms with van der Waals surface area (Å²) in [5, 5.41) is 3.13. The lowest BCUT2D eigenvalue weighted by Gasteiger charge is -2.17. The SMILES string of the molecule is CCNc1nc(OCC(C)C)nc(N2CCCC2)n1. The molecule has 0 saturated carbocycles. The molecule has 1 N–H and O–H groups in total. The van der Waals surface area contributed by atoms with Crippen LogP contribution in [0.4, 0.5) is 11.9 Å². The number of anilines is 2. The lowest BCUT2D eigenvalue weighted by molar-refractivity contribution is 0.250. The predicted octanol–water partition coefficient (Wildman–Crippen LogP) is 1.94. The topological polar surface area (TPSA) is 63.2 Å². The van der Waals surface area contributed by atoms with Gasteiger partial charge in [-0.2, -0.15) is 15.0 Å². The van der Waals surface area contributed by atoms with Crippen molar-refractivity contribution >= 4 is 11.9 Å². The first-order valence-corrected chi connectivity index (χ1v) is 7.06. The minimum Gasteiger partial charge on any atom is -0.463 e. The molecule has 106 valence electrons. The third kappa shape index (κ3) is 3.94. The largest absolute Gasteiger partial charge is 0.463 e. The summed E-state index contributed by atoms with van der Waals surface area (Å²) in [7, 11) is 0. The molecule has 1 aliphatic heterocycles. The molecule has 0 spiro atoms. The summed E-state index contributed by atoms with van der Waals surface area (Å²) in [6.45, 7) is 9.66. The van der Waals surface area contributed by atoms with Crippen LogP contribution in [0.25, 0.3) is 0 Å². The minimum atomic E-state index is 0.418. The first kappa shape index (κ1) is 13.8. The maximum absolute atomic E-state index is 5.63. The number of nitrogens with zero attached hydrogens (tertiary/aromatic N) is 4. The van der Waals surface area contributed by atoms with Gasteiger partial charge in [-0.05, 0) is 25.7 Å². The molecule has 0 amide bonds. The van der Waals surface area contributed by atoms with Gasteiger partial charge in [-0.1, -0.05) is 13.8 Å². The van der Waals surface area contributed by atoms with Crippen LogP contribution in [0.15, 0.2) is 0 Å². The highest BCUT2D eigenvalue weighted by Gasteiger charge is 2.17. The first-order chi connectivity index (χ1) is 9.19. The number of aromatic nitrogens is 3. The van der Waals surface area contributed by atoms with Crippen LogP contribution in [0.2, 0.25) is 0 Å². The highest BCUT2D eigenvalue weighted by molar-refractivity contribution is 5.39. The van der Waals surface area contributed by atoms with E-state index >= 15 is 0 Å². The number of hydrogen-bond acceptors (Lipinski definition) is 6. The summed E-state index contributed by atoms with van der Waals surface area (Å²) in [6, 6.07) is 0.418. The monoisotopic (exact) mass is 265 g/mol.